The maximum Gasteiger partial charge on any atom is 0.191 e. The van der Waals surface area contributed by atoms with E-state index in [0.29, 0.717) is 0 Å². The molecule has 1 aliphatic rings. The van der Waals surface area contributed by atoms with Crippen LogP contribution >= 0.6 is 7.82 Å². The standard InChI is InChI=1S/C6H13O9P/c7-1-2-3(8)4(9)5(10)6(14-2)15-16(11,12)13/h2-10H,1H2,(H2,11,12,13)/p-2/t2?,3-,4-,5?,6?/m0/s1. The average molecular weight is 258 g/mol. The average Bonchev–Trinajstić information content (AvgIpc) is 2.17. The molecule has 16 heavy (non-hydrogen) atoms. The first kappa shape index (κ1) is 14.0. The Kier molecular flexibility index (Phi) is 4.41. The Bertz CT molecular complexity index is 275. The largest absolute Gasteiger partial charge is 0.790 e. The predicted molar refractivity (Wildman–Crippen MR) is 42.5 cm³/mol. The summed E-state index contributed by atoms with van der Waals surface area (Å²) < 4.78 is 18.7. The normalized spacial score (nSPS) is 41.0. The van der Waals surface area contributed by atoms with Crippen LogP contribution < -0.4 is 9.79 Å². The Balaban J connectivity index is 2.75. The molecule has 0 aromatic carbocycles. The summed E-state index contributed by atoms with van der Waals surface area (Å²) in [5, 5.41) is 36.5. The van der Waals surface area contributed by atoms with Crippen LogP contribution in [0.4, 0.5) is 0 Å². The van der Waals surface area contributed by atoms with Crippen LogP contribution in [-0.2, 0) is 13.8 Å². The highest BCUT2D eigenvalue weighted by atomic mass is 31.2. The van der Waals surface area contributed by atoms with Crippen molar-refractivity contribution in [1.82, 2.24) is 0 Å². The number of rotatable bonds is 3. The van der Waals surface area contributed by atoms with Crippen LogP contribution in [0.2, 0.25) is 0 Å². The third kappa shape index (κ3) is 3.20. The van der Waals surface area contributed by atoms with Crippen LogP contribution in [0.5, 0.6) is 0 Å². The van der Waals surface area contributed by atoms with E-state index in [4.69, 9.17) is 5.11 Å². The molecule has 1 fully saturated rings. The third-order valence-electron chi connectivity index (χ3n) is 2.08. The molecule has 1 aliphatic heterocycles. The van der Waals surface area contributed by atoms with Crippen molar-refractivity contribution < 1.29 is 44.0 Å². The smallest absolute Gasteiger partial charge is 0.191 e. The zero-order valence-electron chi connectivity index (χ0n) is 7.87. The van der Waals surface area contributed by atoms with Gasteiger partial charge in [-0.05, 0) is 0 Å². The molecule has 0 aromatic heterocycles. The van der Waals surface area contributed by atoms with Gasteiger partial charge in [0.25, 0.3) is 0 Å². The van der Waals surface area contributed by atoms with Gasteiger partial charge in [-0.3, -0.25) is 0 Å². The summed E-state index contributed by atoms with van der Waals surface area (Å²) in [6.07, 6.45) is -8.61. The van der Waals surface area contributed by atoms with Crippen molar-refractivity contribution in [2.75, 3.05) is 6.61 Å². The Morgan fingerprint density at radius 2 is 1.75 bits per heavy atom. The topological polar surface area (TPSA) is 163 Å². The lowest BCUT2D eigenvalue weighted by molar-refractivity contribution is -0.368. The van der Waals surface area contributed by atoms with Crippen LogP contribution in [0, 0.1) is 0 Å². The van der Waals surface area contributed by atoms with E-state index in [2.05, 4.69) is 9.26 Å². The minimum atomic E-state index is -5.41. The Hall–Kier alpha value is -0.0900. The highest BCUT2D eigenvalue weighted by molar-refractivity contribution is 7.43. The Morgan fingerprint density at radius 1 is 1.19 bits per heavy atom. The number of aliphatic hydroxyl groups excluding tert-OH is 4. The molecule has 0 spiro atoms. The van der Waals surface area contributed by atoms with Crippen molar-refractivity contribution in [2.24, 2.45) is 0 Å². The molecule has 1 heterocycles. The maximum absolute atomic E-state index is 10.3. The van der Waals surface area contributed by atoms with Crippen LogP contribution in [-0.4, -0.2) is 57.7 Å². The number of phosphoric acid groups is 1. The first-order chi connectivity index (χ1) is 7.26. The summed E-state index contributed by atoms with van der Waals surface area (Å²) in [5.41, 5.74) is 0. The molecule has 0 aromatic rings. The van der Waals surface area contributed by atoms with E-state index in [1.54, 1.807) is 0 Å². The SMILES string of the molecule is O=P([O-])([O-])OC1OC(CO)[C@H](O)[C@H](O)C1O. The number of hydrogen-bond donors (Lipinski definition) is 4. The zero-order valence-corrected chi connectivity index (χ0v) is 8.77. The molecule has 4 N–H and O–H groups in total. The lowest BCUT2D eigenvalue weighted by atomic mass is 10.00. The molecular formula is C6H11O9P-2. The summed E-state index contributed by atoms with van der Waals surface area (Å²) in [5.74, 6) is 0. The van der Waals surface area contributed by atoms with E-state index >= 15 is 0 Å². The van der Waals surface area contributed by atoms with Gasteiger partial charge in [0.15, 0.2) is 6.29 Å². The van der Waals surface area contributed by atoms with E-state index in [-0.39, 0.29) is 0 Å². The lowest BCUT2D eigenvalue weighted by Crippen LogP contribution is -2.59. The van der Waals surface area contributed by atoms with Gasteiger partial charge >= 0.3 is 0 Å². The van der Waals surface area contributed by atoms with Gasteiger partial charge in [0.1, 0.15) is 24.4 Å². The highest BCUT2D eigenvalue weighted by Gasteiger charge is 2.44. The summed E-state index contributed by atoms with van der Waals surface area (Å²) in [4.78, 5) is 20.6. The molecule has 10 heteroatoms. The summed E-state index contributed by atoms with van der Waals surface area (Å²) in [6.45, 7) is -0.743. The molecule has 1 rings (SSSR count). The van der Waals surface area contributed by atoms with E-state index in [1.807, 2.05) is 0 Å². The van der Waals surface area contributed by atoms with Crippen LogP contribution in [0.3, 0.4) is 0 Å². The minimum absolute atomic E-state index is 0.743. The number of phosphoric ester groups is 1. The summed E-state index contributed by atoms with van der Waals surface area (Å²) in [7, 11) is -5.41. The van der Waals surface area contributed by atoms with Crippen LogP contribution in [0.15, 0.2) is 0 Å². The van der Waals surface area contributed by atoms with Crippen molar-refractivity contribution in [3.8, 4) is 0 Å². The fraction of sp³-hybridized carbons (Fsp3) is 1.00. The van der Waals surface area contributed by atoms with Crippen molar-refractivity contribution in [2.45, 2.75) is 30.7 Å². The van der Waals surface area contributed by atoms with Crippen molar-refractivity contribution >= 4 is 7.82 Å². The third-order valence-corrected chi connectivity index (χ3v) is 2.55. The molecule has 1 saturated heterocycles. The number of hydrogen-bond acceptors (Lipinski definition) is 9. The molecule has 0 aliphatic carbocycles. The van der Waals surface area contributed by atoms with Crippen molar-refractivity contribution in [3.63, 3.8) is 0 Å². The second kappa shape index (κ2) is 5.05. The van der Waals surface area contributed by atoms with Gasteiger partial charge in [-0.1, -0.05) is 0 Å². The first-order valence-electron chi connectivity index (χ1n) is 4.27. The minimum Gasteiger partial charge on any atom is -0.790 e. The number of ether oxygens (including phenoxy) is 1. The monoisotopic (exact) mass is 258 g/mol. The molecule has 9 nitrogen and oxygen atoms in total. The fourth-order valence-corrected chi connectivity index (χ4v) is 1.71. The molecule has 5 atom stereocenters. The first-order valence-corrected chi connectivity index (χ1v) is 5.73. The molecule has 96 valence electrons. The van der Waals surface area contributed by atoms with E-state index in [9.17, 15) is 29.7 Å². The zero-order chi connectivity index (χ0) is 12.5. The molecule has 0 saturated carbocycles. The van der Waals surface area contributed by atoms with Gasteiger partial charge in [-0.15, -0.1) is 0 Å². The predicted octanol–water partition coefficient (Wildman–Crippen LogP) is -4.37. The van der Waals surface area contributed by atoms with Gasteiger partial charge in [-0.25, -0.2) is 0 Å². The quantitative estimate of drug-likeness (QED) is 0.366. The second-order valence-electron chi connectivity index (χ2n) is 3.25. The van der Waals surface area contributed by atoms with E-state index in [0.717, 1.165) is 0 Å². The van der Waals surface area contributed by atoms with Gasteiger partial charge in [0.05, 0.1) is 14.4 Å². The maximum atomic E-state index is 10.3. The number of aliphatic hydroxyl groups is 4. The van der Waals surface area contributed by atoms with Crippen molar-refractivity contribution in [3.05, 3.63) is 0 Å². The Morgan fingerprint density at radius 3 is 2.19 bits per heavy atom. The summed E-state index contributed by atoms with van der Waals surface area (Å²) >= 11 is 0. The molecule has 3 unspecified atom stereocenters. The van der Waals surface area contributed by atoms with Gasteiger partial charge in [0, 0.05) is 0 Å². The van der Waals surface area contributed by atoms with Crippen molar-refractivity contribution in [1.29, 1.82) is 0 Å². The highest BCUT2D eigenvalue weighted by Crippen LogP contribution is 2.33. The summed E-state index contributed by atoms with van der Waals surface area (Å²) in [6, 6.07) is 0. The van der Waals surface area contributed by atoms with E-state index in [1.165, 1.54) is 0 Å². The second-order valence-corrected chi connectivity index (χ2v) is 4.36. The van der Waals surface area contributed by atoms with Gasteiger partial charge in [0.2, 0.25) is 0 Å². The molecule has 0 bridgehead atoms. The molecule has 0 amide bonds. The fourth-order valence-electron chi connectivity index (χ4n) is 1.28. The van der Waals surface area contributed by atoms with Crippen LogP contribution in [0.1, 0.15) is 0 Å². The van der Waals surface area contributed by atoms with Crippen LogP contribution in [0.25, 0.3) is 0 Å². The molecule has 0 radical (unpaired) electrons. The molecular weight excluding hydrogens is 247 g/mol. The van der Waals surface area contributed by atoms with Gasteiger partial charge in [-0.2, -0.15) is 0 Å². The van der Waals surface area contributed by atoms with E-state index < -0.39 is 45.1 Å². The van der Waals surface area contributed by atoms with Gasteiger partial charge < -0.3 is 44.0 Å². The Labute approximate surface area is 90.1 Å². The lowest BCUT2D eigenvalue weighted by Gasteiger charge is -2.43.